The molecule has 0 saturated carbocycles. The number of fused-ring (bicyclic) bond motifs is 1. The van der Waals surface area contributed by atoms with Crippen molar-refractivity contribution in [1.82, 2.24) is 9.14 Å². The highest BCUT2D eigenvalue weighted by molar-refractivity contribution is 7.90. The number of sulfonamides is 1. The maximum Gasteiger partial charge on any atom is 0.253 e. The monoisotopic (exact) mass is 404 g/mol. The molecule has 1 aliphatic heterocycles. The second-order valence-corrected chi connectivity index (χ2v) is 8.79. The zero-order valence-corrected chi connectivity index (χ0v) is 15.8. The van der Waals surface area contributed by atoms with Crippen molar-refractivity contribution in [3.05, 3.63) is 63.1 Å². The average Bonchev–Trinajstić information content (AvgIpc) is 2.55. The first-order valence-corrected chi connectivity index (χ1v) is 9.82. The zero-order valence-electron chi connectivity index (χ0n) is 12.8. The van der Waals surface area contributed by atoms with Crippen LogP contribution in [0.15, 0.2) is 41.3 Å². The minimum atomic E-state index is -3.67. The van der Waals surface area contributed by atoms with Gasteiger partial charge in [0.05, 0.1) is 4.90 Å². The quantitative estimate of drug-likeness (QED) is 0.785. The first kappa shape index (κ1) is 18.0. The predicted octanol–water partition coefficient (Wildman–Crippen LogP) is 4.00. The Morgan fingerprint density at radius 1 is 1.17 bits per heavy atom. The van der Waals surface area contributed by atoms with E-state index >= 15 is 0 Å². The molecule has 8 heteroatoms. The number of likely N-dealkylation sites (N-methyl/N-ethyl adjacent to an activating group) is 1. The van der Waals surface area contributed by atoms with Gasteiger partial charge >= 0.3 is 0 Å². The van der Waals surface area contributed by atoms with Gasteiger partial charge in [-0.1, -0.05) is 35.3 Å². The molecule has 1 aliphatic rings. The third-order valence-electron chi connectivity index (χ3n) is 4.19. The predicted molar refractivity (Wildman–Crippen MR) is 97.3 cm³/mol. The van der Waals surface area contributed by atoms with E-state index in [2.05, 4.69) is 4.90 Å². The number of nitrogens with zero attached hydrogens (tertiary/aromatic N) is 1. The summed E-state index contributed by atoms with van der Waals surface area (Å²) in [4.78, 5) is 2.30. The van der Waals surface area contributed by atoms with Gasteiger partial charge in [0.2, 0.25) is 0 Å². The van der Waals surface area contributed by atoms with E-state index in [0.717, 1.165) is 29.8 Å². The zero-order chi connectivity index (χ0) is 17.5. The number of rotatable bonds is 3. The Hall–Kier alpha value is -0.820. The molecule has 0 radical (unpaired) electrons. The fourth-order valence-electron chi connectivity index (χ4n) is 3.05. The Morgan fingerprint density at radius 2 is 1.83 bits per heavy atom. The highest BCUT2D eigenvalue weighted by Crippen LogP contribution is 2.38. The van der Waals surface area contributed by atoms with Crippen LogP contribution in [-0.2, 0) is 16.6 Å². The van der Waals surface area contributed by atoms with Crippen LogP contribution in [0.2, 0.25) is 10.0 Å². The summed E-state index contributed by atoms with van der Waals surface area (Å²) in [5.74, 6) is 0.0654. The lowest BCUT2D eigenvalue weighted by Gasteiger charge is -2.33. The lowest BCUT2D eigenvalue weighted by molar-refractivity contribution is 0.295. The summed E-state index contributed by atoms with van der Waals surface area (Å²) in [6.45, 7) is 1.55. The van der Waals surface area contributed by atoms with E-state index in [-0.39, 0.29) is 10.8 Å². The first-order chi connectivity index (χ1) is 11.3. The van der Waals surface area contributed by atoms with Crippen molar-refractivity contribution in [3.8, 4) is 0 Å². The SMILES string of the molecule is CN1Cc2c(Cl)cc(Cl)cc2C(c2ccc(S(=O)(=O)NCl)cc2)C1. The van der Waals surface area contributed by atoms with Crippen molar-refractivity contribution in [3.63, 3.8) is 0 Å². The summed E-state index contributed by atoms with van der Waals surface area (Å²) in [5.41, 5.74) is 3.13. The minimum Gasteiger partial charge on any atom is -0.301 e. The lowest BCUT2D eigenvalue weighted by atomic mass is 9.85. The standard InChI is InChI=1S/C16H15Cl3N2O2S/c1-21-8-14(13-6-11(17)7-16(18)15(13)9-21)10-2-4-12(5-3-10)24(22,23)20-19/h2-7,14,20H,8-9H2,1H3. The van der Waals surface area contributed by atoms with Crippen LogP contribution in [0, 0.1) is 0 Å². The second-order valence-electron chi connectivity index (χ2n) is 5.85. The maximum absolute atomic E-state index is 11.7. The van der Waals surface area contributed by atoms with E-state index in [0.29, 0.717) is 10.0 Å². The molecule has 0 spiro atoms. The molecule has 3 rings (SSSR count). The van der Waals surface area contributed by atoms with E-state index in [1.165, 1.54) is 0 Å². The number of nitrogens with one attached hydrogen (secondary N) is 1. The van der Waals surface area contributed by atoms with Gasteiger partial charge in [0, 0.05) is 29.1 Å². The molecule has 0 saturated heterocycles. The largest absolute Gasteiger partial charge is 0.301 e. The number of hydrogen-bond acceptors (Lipinski definition) is 3. The van der Waals surface area contributed by atoms with E-state index in [9.17, 15) is 8.42 Å². The molecule has 0 fully saturated rings. The molecule has 1 atom stereocenters. The Kier molecular flexibility index (Phi) is 5.12. The fourth-order valence-corrected chi connectivity index (χ4v) is 4.47. The molecule has 4 nitrogen and oxygen atoms in total. The van der Waals surface area contributed by atoms with Crippen LogP contribution < -0.4 is 4.24 Å². The van der Waals surface area contributed by atoms with Crippen molar-refractivity contribution in [2.75, 3.05) is 13.6 Å². The molecule has 0 aliphatic carbocycles. The molecule has 1 N–H and O–H groups in total. The first-order valence-electron chi connectivity index (χ1n) is 7.20. The third kappa shape index (κ3) is 3.43. The van der Waals surface area contributed by atoms with Gasteiger partial charge in [-0.3, -0.25) is 0 Å². The normalized spacial score (nSPS) is 18.4. The number of hydrogen-bond donors (Lipinski definition) is 1. The molecule has 128 valence electrons. The topological polar surface area (TPSA) is 49.4 Å². The molecule has 0 bridgehead atoms. The van der Waals surface area contributed by atoms with Gasteiger partial charge in [0.1, 0.15) is 0 Å². The van der Waals surface area contributed by atoms with Crippen LogP contribution in [-0.4, -0.2) is 26.9 Å². The van der Waals surface area contributed by atoms with Gasteiger partial charge < -0.3 is 4.90 Å². The van der Waals surface area contributed by atoms with Crippen LogP contribution >= 0.6 is 35.0 Å². The highest BCUT2D eigenvalue weighted by atomic mass is 35.5. The molecule has 0 amide bonds. The van der Waals surface area contributed by atoms with Crippen LogP contribution in [0.1, 0.15) is 22.6 Å². The molecule has 1 unspecified atom stereocenters. The molecule has 24 heavy (non-hydrogen) atoms. The summed E-state index contributed by atoms with van der Waals surface area (Å²) in [6, 6.07) is 10.4. The smallest absolute Gasteiger partial charge is 0.253 e. The summed E-state index contributed by atoms with van der Waals surface area (Å²) in [6.07, 6.45) is 0. The van der Waals surface area contributed by atoms with Crippen LogP contribution in [0.4, 0.5) is 0 Å². The Balaban J connectivity index is 2.05. The van der Waals surface area contributed by atoms with Crippen LogP contribution in [0.3, 0.4) is 0 Å². The summed E-state index contributed by atoms with van der Waals surface area (Å²) < 4.78 is 25.3. The molecule has 1 heterocycles. The van der Waals surface area contributed by atoms with Crippen LogP contribution in [0.5, 0.6) is 0 Å². The van der Waals surface area contributed by atoms with Gasteiger partial charge in [-0.05, 0) is 59.8 Å². The van der Waals surface area contributed by atoms with Gasteiger partial charge in [-0.2, -0.15) is 0 Å². The van der Waals surface area contributed by atoms with Gasteiger partial charge in [-0.25, -0.2) is 8.42 Å². The molecule has 2 aromatic rings. The van der Waals surface area contributed by atoms with Gasteiger partial charge in [0.15, 0.2) is 0 Å². The maximum atomic E-state index is 11.7. The van der Waals surface area contributed by atoms with Crippen molar-refractivity contribution in [1.29, 1.82) is 0 Å². The molecule has 0 aromatic heterocycles. The third-order valence-corrected chi connectivity index (χ3v) is 6.45. The highest BCUT2D eigenvalue weighted by Gasteiger charge is 2.27. The van der Waals surface area contributed by atoms with Crippen molar-refractivity contribution >= 4 is 45.0 Å². The molecular formula is C16H15Cl3N2O2S. The Morgan fingerprint density at radius 3 is 2.46 bits per heavy atom. The number of benzene rings is 2. The van der Waals surface area contributed by atoms with Gasteiger partial charge in [0.25, 0.3) is 10.0 Å². The van der Waals surface area contributed by atoms with Gasteiger partial charge in [-0.15, -0.1) is 4.24 Å². The van der Waals surface area contributed by atoms with E-state index in [1.807, 2.05) is 13.1 Å². The van der Waals surface area contributed by atoms with E-state index in [1.54, 1.807) is 34.6 Å². The van der Waals surface area contributed by atoms with E-state index < -0.39 is 10.0 Å². The summed E-state index contributed by atoms with van der Waals surface area (Å²) in [7, 11) is -1.64. The average molecular weight is 406 g/mol. The Labute approximate surface area is 156 Å². The van der Waals surface area contributed by atoms with E-state index in [4.69, 9.17) is 35.0 Å². The summed E-state index contributed by atoms with van der Waals surface area (Å²) in [5, 5.41) is 1.25. The van der Waals surface area contributed by atoms with Crippen molar-refractivity contribution in [2.45, 2.75) is 17.4 Å². The lowest BCUT2D eigenvalue weighted by Crippen LogP contribution is -2.31. The van der Waals surface area contributed by atoms with Crippen LogP contribution in [0.25, 0.3) is 0 Å². The number of halogens is 3. The van der Waals surface area contributed by atoms with Crippen molar-refractivity contribution < 1.29 is 8.42 Å². The summed E-state index contributed by atoms with van der Waals surface area (Å²) >= 11 is 17.8. The van der Waals surface area contributed by atoms with Crippen molar-refractivity contribution in [2.24, 2.45) is 0 Å². The molecule has 2 aromatic carbocycles. The fraction of sp³-hybridized carbons (Fsp3) is 0.250. The molecular weight excluding hydrogens is 391 g/mol. The minimum absolute atomic E-state index is 0.0654. The second kappa shape index (κ2) is 6.83. The Bertz CT molecular complexity index is 870.